The molecular formula is C18H15BrCl2O4. The Morgan fingerprint density at radius 1 is 1.24 bits per heavy atom. The van der Waals surface area contributed by atoms with E-state index in [0.717, 1.165) is 11.6 Å². The first-order valence-electron chi connectivity index (χ1n) is 7.34. The number of rotatable bonds is 7. The van der Waals surface area contributed by atoms with Gasteiger partial charge in [-0.05, 0) is 58.8 Å². The second-order valence-corrected chi connectivity index (χ2v) is 6.66. The van der Waals surface area contributed by atoms with Gasteiger partial charge in [0.2, 0.25) is 0 Å². The third-order valence-electron chi connectivity index (χ3n) is 3.14. The van der Waals surface area contributed by atoms with Gasteiger partial charge in [0, 0.05) is 21.7 Å². The van der Waals surface area contributed by atoms with Gasteiger partial charge in [0.25, 0.3) is 0 Å². The molecule has 7 heteroatoms. The van der Waals surface area contributed by atoms with Crippen molar-refractivity contribution in [2.24, 2.45) is 0 Å². The molecular weight excluding hydrogens is 431 g/mol. The van der Waals surface area contributed by atoms with E-state index in [1.54, 1.807) is 30.3 Å². The molecule has 0 radical (unpaired) electrons. The van der Waals surface area contributed by atoms with Gasteiger partial charge in [0.05, 0.1) is 11.1 Å². The molecule has 132 valence electrons. The van der Waals surface area contributed by atoms with E-state index in [1.807, 2.05) is 6.92 Å². The number of benzene rings is 2. The molecule has 2 aromatic carbocycles. The summed E-state index contributed by atoms with van der Waals surface area (Å²) >= 11 is 15.5. The molecule has 0 fully saturated rings. The molecule has 0 aliphatic heterocycles. The number of halogens is 3. The molecule has 4 nitrogen and oxygen atoms in total. The van der Waals surface area contributed by atoms with Crippen LogP contribution in [0.15, 0.2) is 40.9 Å². The van der Waals surface area contributed by atoms with Crippen LogP contribution in [-0.2, 0) is 11.4 Å². The first-order chi connectivity index (χ1) is 11.9. The molecule has 0 aromatic heterocycles. The molecule has 0 spiro atoms. The van der Waals surface area contributed by atoms with Gasteiger partial charge in [-0.1, -0.05) is 29.3 Å². The molecule has 25 heavy (non-hydrogen) atoms. The van der Waals surface area contributed by atoms with Crippen molar-refractivity contribution in [1.29, 1.82) is 0 Å². The van der Waals surface area contributed by atoms with E-state index in [-0.39, 0.29) is 6.61 Å². The minimum atomic E-state index is -1.02. The van der Waals surface area contributed by atoms with Crippen LogP contribution in [0.4, 0.5) is 0 Å². The standard InChI is InChI=1S/C18H15BrCl2O4/c1-2-24-16-8-11(3-6-17(22)23)7-14(19)18(16)25-10-12-4-5-13(20)9-15(12)21/h3-9H,2,10H2,1H3,(H,22,23). The average molecular weight is 446 g/mol. The molecule has 0 amide bonds. The highest BCUT2D eigenvalue weighted by Crippen LogP contribution is 2.38. The Hall–Kier alpha value is -1.69. The summed E-state index contributed by atoms with van der Waals surface area (Å²) in [6.45, 7) is 2.53. The smallest absolute Gasteiger partial charge is 0.328 e. The van der Waals surface area contributed by atoms with E-state index in [2.05, 4.69) is 15.9 Å². The van der Waals surface area contributed by atoms with Crippen LogP contribution in [0.2, 0.25) is 10.0 Å². The fraction of sp³-hybridized carbons (Fsp3) is 0.167. The molecule has 0 heterocycles. The summed E-state index contributed by atoms with van der Waals surface area (Å²) in [4.78, 5) is 10.7. The minimum Gasteiger partial charge on any atom is -0.490 e. The third-order valence-corrected chi connectivity index (χ3v) is 4.31. The van der Waals surface area contributed by atoms with Crippen LogP contribution in [0.5, 0.6) is 11.5 Å². The highest BCUT2D eigenvalue weighted by molar-refractivity contribution is 9.10. The highest BCUT2D eigenvalue weighted by atomic mass is 79.9. The molecule has 2 aromatic rings. The van der Waals surface area contributed by atoms with E-state index < -0.39 is 5.97 Å². The SMILES string of the molecule is CCOc1cc(C=CC(=O)O)cc(Br)c1OCc1ccc(Cl)cc1Cl. The molecule has 2 rings (SSSR count). The zero-order chi connectivity index (χ0) is 18.4. The van der Waals surface area contributed by atoms with Gasteiger partial charge in [-0.3, -0.25) is 0 Å². The number of hydrogen-bond donors (Lipinski definition) is 1. The molecule has 0 saturated heterocycles. The lowest BCUT2D eigenvalue weighted by molar-refractivity contribution is -0.131. The molecule has 0 aliphatic rings. The van der Waals surface area contributed by atoms with E-state index in [9.17, 15) is 4.79 Å². The maximum Gasteiger partial charge on any atom is 0.328 e. The lowest BCUT2D eigenvalue weighted by Gasteiger charge is -2.15. The third kappa shape index (κ3) is 5.66. The van der Waals surface area contributed by atoms with E-state index in [4.69, 9.17) is 37.8 Å². The van der Waals surface area contributed by atoms with Crippen molar-refractivity contribution in [3.05, 3.63) is 62.1 Å². The Labute approximate surface area is 164 Å². The van der Waals surface area contributed by atoms with Gasteiger partial charge in [0.1, 0.15) is 6.61 Å². The average Bonchev–Trinajstić information content (AvgIpc) is 2.54. The first-order valence-corrected chi connectivity index (χ1v) is 8.89. The van der Waals surface area contributed by atoms with Gasteiger partial charge >= 0.3 is 5.97 Å². The number of hydrogen-bond acceptors (Lipinski definition) is 3. The van der Waals surface area contributed by atoms with Crippen molar-refractivity contribution in [2.45, 2.75) is 13.5 Å². The Morgan fingerprint density at radius 2 is 2.00 bits per heavy atom. The second-order valence-electron chi connectivity index (χ2n) is 4.96. The maximum atomic E-state index is 10.7. The van der Waals surface area contributed by atoms with Crippen LogP contribution in [0, 0.1) is 0 Å². The summed E-state index contributed by atoms with van der Waals surface area (Å²) in [6.07, 6.45) is 2.54. The predicted molar refractivity (Wildman–Crippen MR) is 103 cm³/mol. The quantitative estimate of drug-likeness (QED) is 0.544. The van der Waals surface area contributed by atoms with Gasteiger partial charge in [-0.15, -0.1) is 0 Å². The maximum absolute atomic E-state index is 10.7. The van der Waals surface area contributed by atoms with Crippen LogP contribution < -0.4 is 9.47 Å². The van der Waals surface area contributed by atoms with E-state index in [1.165, 1.54) is 6.08 Å². The Morgan fingerprint density at radius 3 is 2.64 bits per heavy atom. The van der Waals surface area contributed by atoms with Crippen LogP contribution in [0.1, 0.15) is 18.1 Å². The second kappa shape index (κ2) is 9.13. The van der Waals surface area contributed by atoms with Crippen molar-refractivity contribution in [3.63, 3.8) is 0 Å². The van der Waals surface area contributed by atoms with Gasteiger partial charge < -0.3 is 14.6 Å². The molecule has 0 bridgehead atoms. The first kappa shape index (κ1) is 19.6. The molecule has 0 atom stereocenters. The Balaban J connectivity index is 2.27. The van der Waals surface area contributed by atoms with Crippen LogP contribution in [-0.4, -0.2) is 17.7 Å². The topological polar surface area (TPSA) is 55.8 Å². The molecule has 0 aliphatic carbocycles. The predicted octanol–water partition coefficient (Wildman–Crippen LogP) is 5.83. The summed E-state index contributed by atoms with van der Waals surface area (Å²) in [5, 5.41) is 9.82. The fourth-order valence-electron chi connectivity index (χ4n) is 2.04. The molecule has 0 unspecified atom stereocenters. The lowest BCUT2D eigenvalue weighted by atomic mass is 10.2. The number of carboxylic acids is 1. The van der Waals surface area contributed by atoms with Gasteiger partial charge in [-0.2, -0.15) is 0 Å². The van der Waals surface area contributed by atoms with Crippen molar-refractivity contribution in [3.8, 4) is 11.5 Å². The Bertz CT molecular complexity index is 806. The molecule has 0 saturated carbocycles. The zero-order valence-electron chi connectivity index (χ0n) is 13.3. The summed E-state index contributed by atoms with van der Waals surface area (Å²) in [5.41, 5.74) is 1.46. The van der Waals surface area contributed by atoms with Crippen molar-refractivity contribution in [1.82, 2.24) is 0 Å². The summed E-state index contributed by atoms with van der Waals surface area (Å²) in [5.74, 6) is -0.000805. The van der Waals surface area contributed by atoms with Crippen LogP contribution in [0.25, 0.3) is 6.08 Å². The van der Waals surface area contributed by atoms with Crippen molar-refractivity contribution >= 4 is 51.2 Å². The van der Waals surface area contributed by atoms with Gasteiger partial charge in [0.15, 0.2) is 11.5 Å². The number of carboxylic acid groups (broad SMARTS) is 1. The minimum absolute atomic E-state index is 0.235. The highest BCUT2D eigenvalue weighted by Gasteiger charge is 2.13. The normalized spacial score (nSPS) is 10.9. The Kier molecular flexibility index (Phi) is 7.17. The number of carbonyl (C=O) groups is 1. The van der Waals surface area contributed by atoms with E-state index in [0.29, 0.717) is 38.2 Å². The zero-order valence-corrected chi connectivity index (χ0v) is 16.4. The van der Waals surface area contributed by atoms with Gasteiger partial charge in [-0.25, -0.2) is 4.79 Å². The van der Waals surface area contributed by atoms with Crippen molar-refractivity contribution < 1.29 is 19.4 Å². The van der Waals surface area contributed by atoms with Crippen LogP contribution in [0.3, 0.4) is 0 Å². The molecule has 1 N–H and O–H groups in total. The number of ether oxygens (including phenoxy) is 2. The van der Waals surface area contributed by atoms with Crippen LogP contribution >= 0.6 is 39.1 Å². The fourth-order valence-corrected chi connectivity index (χ4v) is 3.08. The monoisotopic (exact) mass is 444 g/mol. The lowest BCUT2D eigenvalue weighted by Crippen LogP contribution is -2.01. The number of aliphatic carboxylic acids is 1. The summed E-state index contributed by atoms with van der Waals surface area (Å²) < 4.78 is 12.1. The summed E-state index contributed by atoms with van der Waals surface area (Å²) in [6, 6.07) is 8.65. The largest absolute Gasteiger partial charge is 0.490 e. The van der Waals surface area contributed by atoms with E-state index >= 15 is 0 Å². The summed E-state index contributed by atoms with van der Waals surface area (Å²) in [7, 11) is 0. The van der Waals surface area contributed by atoms with Crippen molar-refractivity contribution in [2.75, 3.05) is 6.61 Å².